The molecule has 0 saturated heterocycles. The summed E-state index contributed by atoms with van der Waals surface area (Å²) < 4.78 is 5.86. The van der Waals surface area contributed by atoms with Crippen LogP contribution in [0, 0.1) is 13.8 Å². The maximum Gasteiger partial charge on any atom is 0.257 e. The third kappa shape index (κ3) is 3.07. The maximum atomic E-state index is 12.3. The van der Waals surface area contributed by atoms with Crippen molar-refractivity contribution in [3.63, 3.8) is 0 Å². The van der Waals surface area contributed by atoms with E-state index in [4.69, 9.17) is 4.42 Å². The topological polar surface area (TPSA) is 68.0 Å². The van der Waals surface area contributed by atoms with Crippen LogP contribution in [0.25, 0.3) is 22.6 Å². The summed E-state index contributed by atoms with van der Waals surface area (Å²) in [5.74, 6) is 0.356. The van der Waals surface area contributed by atoms with Crippen molar-refractivity contribution in [1.82, 2.24) is 9.97 Å². The maximum absolute atomic E-state index is 12.3. The van der Waals surface area contributed by atoms with Crippen molar-refractivity contribution in [1.29, 1.82) is 0 Å². The molecule has 0 atom stereocenters. The number of nitrogens with one attached hydrogen (secondary N) is 1. The highest BCUT2D eigenvalue weighted by Crippen LogP contribution is 2.27. The van der Waals surface area contributed by atoms with E-state index < -0.39 is 0 Å². The summed E-state index contributed by atoms with van der Waals surface area (Å²) in [5.41, 5.74) is 5.89. The second-order valence-electron chi connectivity index (χ2n) is 6.20. The molecular formula is C21H17N3O2. The second kappa shape index (κ2) is 6.44. The van der Waals surface area contributed by atoms with Crippen LogP contribution in [-0.2, 0) is 0 Å². The molecule has 5 nitrogen and oxygen atoms in total. The van der Waals surface area contributed by atoms with Crippen LogP contribution in [0.1, 0.15) is 21.5 Å². The fourth-order valence-electron chi connectivity index (χ4n) is 2.70. The van der Waals surface area contributed by atoms with Crippen molar-refractivity contribution in [3.8, 4) is 11.5 Å². The molecule has 5 heteroatoms. The van der Waals surface area contributed by atoms with Gasteiger partial charge in [-0.15, -0.1) is 0 Å². The standard InChI is InChI=1S/C21H17N3O2/c1-13-5-6-15(10-14(13)2)21-24-18-11-17(7-8-19(18)26-21)23-20(25)16-4-3-9-22-12-16/h3-12H,1-2H3,(H,23,25). The van der Waals surface area contributed by atoms with E-state index in [-0.39, 0.29) is 5.91 Å². The van der Waals surface area contributed by atoms with E-state index in [1.807, 2.05) is 12.1 Å². The molecule has 2 aromatic heterocycles. The van der Waals surface area contributed by atoms with E-state index >= 15 is 0 Å². The first-order valence-corrected chi connectivity index (χ1v) is 8.30. The van der Waals surface area contributed by atoms with Gasteiger partial charge in [-0.2, -0.15) is 0 Å². The lowest BCUT2D eigenvalue weighted by Gasteiger charge is -2.04. The molecule has 0 aliphatic rings. The average molecular weight is 343 g/mol. The van der Waals surface area contributed by atoms with E-state index in [1.165, 1.54) is 17.3 Å². The van der Waals surface area contributed by atoms with Crippen LogP contribution in [0.4, 0.5) is 5.69 Å². The number of benzene rings is 2. The number of hydrogen-bond acceptors (Lipinski definition) is 4. The van der Waals surface area contributed by atoms with Crippen molar-refractivity contribution in [3.05, 3.63) is 77.6 Å². The van der Waals surface area contributed by atoms with Crippen LogP contribution >= 0.6 is 0 Å². The molecule has 1 N–H and O–H groups in total. The van der Waals surface area contributed by atoms with Crippen LogP contribution in [0.2, 0.25) is 0 Å². The number of aromatic nitrogens is 2. The minimum atomic E-state index is -0.213. The Bertz CT molecular complexity index is 1100. The van der Waals surface area contributed by atoms with Crippen molar-refractivity contribution in [2.45, 2.75) is 13.8 Å². The summed E-state index contributed by atoms with van der Waals surface area (Å²) in [6.45, 7) is 4.13. The predicted molar refractivity (Wildman–Crippen MR) is 101 cm³/mol. The molecule has 1 amide bonds. The molecule has 0 aliphatic carbocycles. The minimum absolute atomic E-state index is 0.213. The zero-order valence-corrected chi connectivity index (χ0v) is 14.5. The lowest BCUT2D eigenvalue weighted by atomic mass is 10.1. The Morgan fingerprint density at radius 2 is 1.92 bits per heavy atom. The summed E-state index contributed by atoms with van der Waals surface area (Å²) >= 11 is 0. The van der Waals surface area contributed by atoms with Gasteiger partial charge in [0.2, 0.25) is 5.89 Å². The SMILES string of the molecule is Cc1ccc(-c2nc3cc(NC(=O)c4cccnc4)ccc3o2)cc1C. The fourth-order valence-corrected chi connectivity index (χ4v) is 2.70. The molecule has 0 saturated carbocycles. The van der Waals surface area contributed by atoms with Crippen molar-refractivity contribution in [2.75, 3.05) is 5.32 Å². The molecule has 4 rings (SSSR count). The van der Waals surface area contributed by atoms with Gasteiger partial charge in [0.25, 0.3) is 5.91 Å². The molecule has 0 aliphatic heterocycles. The number of carbonyl (C=O) groups excluding carboxylic acids is 1. The van der Waals surface area contributed by atoms with Crippen LogP contribution in [0.3, 0.4) is 0 Å². The Kier molecular flexibility index (Phi) is 3.97. The highest BCUT2D eigenvalue weighted by atomic mass is 16.3. The van der Waals surface area contributed by atoms with Gasteiger partial charge in [0.15, 0.2) is 5.58 Å². The number of aryl methyl sites for hydroxylation is 2. The first-order chi connectivity index (χ1) is 12.6. The van der Waals surface area contributed by atoms with Gasteiger partial charge < -0.3 is 9.73 Å². The van der Waals surface area contributed by atoms with E-state index in [1.54, 1.807) is 30.5 Å². The van der Waals surface area contributed by atoms with E-state index in [0.717, 1.165) is 5.56 Å². The zero-order valence-electron chi connectivity index (χ0n) is 14.5. The van der Waals surface area contributed by atoms with Gasteiger partial charge in [-0.05, 0) is 67.4 Å². The van der Waals surface area contributed by atoms with Crippen LogP contribution < -0.4 is 5.32 Å². The van der Waals surface area contributed by atoms with Gasteiger partial charge in [-0.3, -0.25) is 9.78 Å². The second-order valence-corrected chi connectivity index (χ2v) is 6.20. The smallest absolute Gasteiger partial charge is 0.257 e. The first-order valence-electron chi connectivity index (χ1n) is 8.30. The van der Waals surface area contributed by atoms with Gasteiger partial charge >= 0.3 is 0 Å². The Hall–Kier alpha value is -3.47. The normalized spacial score (nSPS) is 10.8. The van der Waals surface area contributed by atoms with Gasteiger partial charge in [0, 0.05) is 23.6 Å². The molecule has 2 aromatic carbocycles. The van der Waals surface area contributed by atoms with Gasteiger partial charge in [0.05, 0.1) is 5.56 Å². The van der Waals surface area contributed by atoms with Crippen LogP contribution in [-0.4, -0.2) is 15.9 Å². The molecule has 0 bridgehead atoms. The Labute approximate surface area is 150 Å². The fraction of sp³-hybridized carbons (Fsp3) is 0.0952. The van der Waals surface area contributed by atoms with E-state index in [9.17, 15) is 4.79 Å². The lowest BCUT2D eigenvalue weighted by molar-refractivity contribution is 0.102. The largest absolute Gasteiger partial charge is 0.436 e. The molecule has 26 heavy (non-hydrogen) atoms. The van der Waals surface area contributed by atoms with Crippen molar-refractivity contribution in [2.24, 2.45) is 0 Å². The molecule has 128 valence electrons. The highest BCUT2D eigenvalue weighted by Gasteiger charge is 2.11. The number of carbonyl (C=O) groups is 1. The minimum Gasteiger partial charge on any atom is -0.436 e. The van der Waals surface area contributed by atoms with E-state index in [0.29, 0.717) is 28.2 Å². The highest BCUT2D eigenvalue weighted by molar-refractivity contribution is 6.04. The van der Waals surface area contributed by atoms with Gasteiger partial charge in [-0.25, -0.2) is 4.98 Å². The molecule has 2 heterocycles. The lowest BCUT2D eigenvalue weighted by Crippen LogP contribution is -2.11. The molecule has 0 spiro atoms. The summed E-state index contributed by atoms with van der Waals surface area (Å²) in [4.78, 5) is 20.8. The third-order valence-electron chi connectivity index (χ3n) is 4.32. The zero-order chi connectivity index (χ0) is 18.1. The number of rotatable bonds is 3. The number of amides is 1. The molecule has 0 radical (unpaired) electrons. The Balaban J connectivity index is 1.63. The predicted octanol–water partition coefficient (Wildman–Crippen LogP) is 4.76. The molecule has 4 aromatic rings. The Morgan fingerprint density at radius 1 is 1.04 bits per heavy atom. The summed E-state index contributed by atoms with van der Waals surface area (Å²) in [6.07, 6.45) is 3.16. The summed E-state index contributed by atoms with van der Waals surface area (Å²) in [7, 11) is 0. The number of nitrogens with zero attached hydrogens (tertiary/aromatic N) is 2. The van der Waals surface area contributed by atoms with Gasteiger partial charge in [0.1, 0.15) is 5.52 Å². The molecular weight excluding hydrogens is 326 g/mol. The quantitative estimate of drug-likeness (QED) is 0.582. The molecule has 0 fully saturated rings. The van der Waals surface area contributed by atoms with Crippen molar-refractivity contribution >= 4 is 22.7 Å². The monoisotopic (exact) mass is 343 g/mol. The number of hydrogen-bond donors (Lipinski definition) is 1. The number of oxazole rings is 1. The molecule has 0 unspecified atom stereocenters. The number of pyridine rings is 1. The van der Waals surface area contributed by atoms with Crippen LogP contribution in [0.15, 0.2) is 65.3 Å². The van der Waals surface area contributed by atoms with Gasteiger partial charge in [-0.1, -0.05) is 6.07 Å². The average Bonchev–Trinajstić information content (AvgIpc) is 3.08. The van der Waals surface area contributed by atoms with Crippen molar-refractivity contribution < 1.29 is 9.21 Å². The summed E-state index contributed by atoms with van der Waals surface area (Å²) in [5, 5.41) is 2.86. The summed E-state index contributed by atoms with van der Waals surface area (Å²) in [6, 6.07) is 15.0. The van der Waals surface area contributed by atoms with E-state index in [2.05, 4.69) is 41.3 Å². The number of fused-ring (bicyclic) bond motifs is 1. The number of anilines is 1. The third-order valence-corrected chi connectivity index (χ3v) is 4.32. The first kappa shape index (κ1) is 16.0. The van der Waals surface area contributed by atoms with Crippen LogP contribution in [0.5, 0.6) is 0 Å². The Morgan fingerprint density at radius 3 is 2.69 bits per heavy atom.